The van der Waals surface area contributed by atoms with E-state index < -0.39 is 0 Å². The molecule has 2 aromatic carbocycles. The number of nitrogens with zero attached hydrogens (tertiary/aromatic N) is 2. The summed E-state index contributed by atoms with van der Waals surface area (Å²) in [5.41, 5.74) is 8.71. The van der Waals surface area contributed by atoms with Gasteiger partial charge in [-0.2, -0.15) is 0 Å². The maximum atomic E-state index is 6.20. The number of halogens is 2. The molecule has 0 amide bonds. The van der Waals surface area contributed by atoms with Crippen molar-refractivity contribution >= 4 is 40.1 Å². The van der Waals surface area contributed by atoms with Crippen LogP contribution in [0.1, 0.15) is 0 Å². The van der Waals surface area contributed by atoms with Crippen molar-refractivity contribution in [1.82, 2.24) is 9.97 Å². The van der Waals surface area contributed by atoms with Gasteiger partial charge in [-0.05, 0) is 18.2 Å². The molecule has 0 unspecified atom stereocenters. The molecule has 1 heterocycles. The van der Waals surface area contributed by atoms with Gasteiger partial charge in [0.15, 0.2) is 5.82 Å². The topological polar surface area (TPSA) is 51.8 Å². The molecule has 1 aromatic heterocycles. The normalized spacial score (nSPS) is 10.8. The van der Waals surface area contributed by atoms with E-state index in [0.717, 1.165) is 11.0 Å². The highest BCUT2D eigenvalue weighted by Crippen LogP contribution is 2.35. The first-order chi connectivity index (χ1) is 9.16. The van der Waals surface area contributed by atoms with Gasteiger partial charge in [0.1, 0.15) is 5.69 Å². The molecule has 0 atom stereocenters. The Balaban J connectivity index is 2.30. The number of rotatable bonds is 1. The third-order valence-corrected chi connectivity index (χ3v) is 3.62. The average molecular weight is 290 g/mol. The third kappa shape index (κ3) is 2.11. The standard InChI is InChI=1S/C14H9Cl2N3/c15-9-5-3-4-8(12(9)16)13-14(17)19-11-7-2-1-6-10(11)18-13/h1-7H,(H2,17,19). The highest BCUT2D eigenvalue weighted by molar-refractivity contribution is 6.43. The van der Waals surface area contributed by atoms with E-state index in [4.69, 9.17) is 28.9 Å². The van der Waals surface area contributed by atoms with E-state index in [0.29, 0.717) is 27.1 Å². The molecule has 0 bridgehead atoms. The maximum absolute atomic E-state index is 6.20. The summed E-state index contributed by atoms with van der Waals surface area (Å²) in [5.74, 6) is 0.336. The van der Waals surface area contributed by atoms with Crippen LogP contribution in [-0.2, 0) is 0 Å². The van der Waals surface area contributed by atoms with Gasteiger partial charge in [-0.1, -0.05) is 47.5 Å². The first-order valence-electron chi connectivity index (χ1n) is 5.63. The summed E-state index contributed by atoms with van der Waals surface area (Å²) in [7, 11) is 0. The highest BCUT2D eigenvalue weighted by atomic mass is 35.5. The van der Waals surface area contributed by atoms with Crippen LogP contribution in [0.5, 0.6) is 0 Å². The zero-order chi connectivity index (χ0) is 13.4. The SMILES string of the molecule is Nc1nc2ccccc2nc1-c1cccc(Cl)c1Cl. The second kappa shape index (κ2) is 4.68. The van der Waals surface area contributed by atoms with Crippen LogP contribution < -0.4 is 5.73 Å². The van der Waals surface area contributed by atoms with Crippen LogP contribution in [0.3, 0.4) is 0 Å². The Labute approximate surface area is 120 Å². The Morgan fingerprint density at radius 3 is 2.26 bits per heavy atom. The summed E-state index contributed by atoms with van der Waals surface area (Å²) >= 11 is 12.2. The van der Waals surface area contributed by atoms with Crippen LogP contribution in [0.2, 0.25) is 10.0 Å². The van der Waals surface area contributed by atoms with Crippen LogP contribution in [0.4, 0.5) is 5.82 Å². The van der Waals surface area contributed by atoms with Gasteiger partial charge in [0.2, 0.25) is 0 Å². The molecule has 0 saturated heterocycles. The fraction of sp³-hybridized carbons (Fsp3) is 0. The minimum absolute atomic E-state index is 0.336. The molecule has 0 fully saturated rings. The van der Waals surface area contributed by atoms with Gasteiger partial charge in [0, 0.05) is 5.56 Å². The molecule has 5 heteroatoms. The number of fused-ring (bicyclic) bond motifs is 1. The predicted molar refractivity (Wildman–Crippen MR) is 79.4 cm³/mol. The van der Waals surface area contributed by atoms with Gasteiger partial charge < -0.3 is 5.73 Å². The zero-order valence-corrected chi connectivity index (χ0v) is 11.3. The number of nitrogens with two attached hydrogens (primary N) is 1. The van der Waals surface area contributed by atoms with Gasteiger partial charge in [-0.3, -0.25) is 0 Å². The molecule has 19 heavy (non-hydrogen) atoms. The van der Waals surface area contributed by atoms with Crippen LogP contribution in [-0.4, -0.2) is 9.97 Å². The fourth-order valence-electron chi connectivity index (χ4n) is 1.90. The summed E-state index contributed by atoms with van der Waals surface area (Å²) in [5, 5.41) is 0.897. The Morgan fingerprint density at radius 2 is 1.53 bits per heavy atom. The minimum atomic E-state index is 0.336. The van der Waals surface area contributed by atoms with Crippen LogP contribution >= 0.6 is 23.2 Å². The lowest BCUT2D eigenvalue weighted by atomic mass is 10.1. The molecular weight excluding hydrogens is 281 g/mol. The Bertz CT molecular complexity index is 772. The summed E-state index contributed by atoms with van der Waals surface area (Å²) < 4.78 is 0. The lowest BCUT2D eigenvalue weighted by Crippen LogP contribution is -1.98. The van der Waals surface area contributed by atoms with Gasteiger partial charge in [-0.15, -0.1) is 0 Å². The predicted octanol–water partition coefficient (Wildman–Crippen LogP) is 4.19. The Kier molecular flexibility index (Phi) is 3.01. The van der Waals surface area contributed by atoms with E-state index in [-0.39, 0.29) is 0 Å². The molecule has 0 aliphatic carbocycles. The lowest BCUT2D eigenvalue weighted by Gasteiger charge is -2.08. The molecule has 0 aliphatic heterocycles. The van der Waals surface area contributed by atoms with Crippen LogP contribution in [0, 0.1) is 0 Å². The van der Waals surface area contributed by atoms with E-state index in [1.165, 1.54) is 0 Å². The molecule has 3 nitrogen and oxygen atoms in total. The average Bonchev–Trinajstić information content (AvgIpc) is 2.41. The summed E-state index contributed by atoms with van der Waals surface area (Å²) in [6.07, 6.45) is 0. The molecule has 3 rings (SSSR count). The van der Waals surface area contributed by atoms with Gasteiger partial charge in [-0.25, -0.2) is 9.97 Å². The molecule has 0 aliphatic rings. The van der Waals surface area contributed by atoms with E-state index in [1.54, 1.807) is 12.1 Å². The number of para-hydroxylation sites is 2. The molecule has 0 radical (unpaired) electrons. The van der Waals surface area contributed by atoms with Crippen molar-refractivity contribution in [1.29, 1.82) is 0 Å². The third-order valence-electron chi connectivity index (χ3n) is 2.80. The van der Waals surface area contributed by atoms with E-state index in [2.05, 4.69) is 9.97 Å². The van der Waals surface area contributed by atoms with Crippen LogP contribution in [0.25, 0.3) is 22.3 Å². The molecule has 0 spiro atoms. The van der Waals surface area contributed by atoms with Gasteiger partial charge >= 0.3 is 0 Å². The van der Waals surface area contributed by atoms with E-state index >= 15 is 0 Å². The van der Waals surface area contributed by atoms with Crippen molar-refractivity contribution in [3.8, 4) is 11.3 Å². The summed E-state index contributed by atoms with van der Waals surface area (Å²) in [6.45, 7) is 0. The number of hydrogen-bond donors (Lipinski definition) is 1. The lowest BCUT2D eigenvalue weighted by molar-refractivity contribution is 1.30. The fourth-order valence-corrected chi connectivity index (χ4v) is 2.29. The van der Waals surface area contributed by atoms with Crippen molar-refractivity contribution in [3.63, 3.8) is 0 Å². The van der Waals surface area contributed by atoms with Crippen molar-refractivity contribution in [2.24, 2.45) is 0 Å². The summed E-state index contributed by atoms with van der Waals surface area (Å²) in [4.78, 5) is 8.85. The first kappa shape index (κ1) is 12.2. The molecule has 2 N–H and O–H groups in total. The zero-order valence-electron chi connectivity index (χ0n) is 9.77. The van der Waals surface area contributed by atoms with Gasteiger partial charge in [0.25, 0.3) is 0 Å². The number of anilines is 1. The second-order valence-electron chi connectivity index (χ2n) is 4.05. The molecule has 0 saturated carbocycles. The quantitative estimate of drug-likeness (QED) is 0.731. The molecular formula is C14H9Cl2N3. The van der Waals surface area contributed by atoms with E-state index in [1.807, 2.05) is 30.3 Å². The maximum Gasteiger partial charge on any atom is 0.150 e. The number of benzene rings is 2. The highest BCUT2D eigenvalue weighted by Gasteiger charge is 2.13. The Morgan fingerprint density at radius 1 is 0.842 bits per heavy atom. The summed E-state index contributed by atoms with van der Waals surface area (Å²) in [6, 6.07) is 12.9. The van der Waals surface area contributed by atoms with Crippen molar-refractivity contribution in [2.45, 2.75) is 0 Å². The van der Waals surface area contributed by atoms with E-state index in [9.17, 15) is 0 Å². The first-order valence-corrected chi connectivity index (χ1v) is 6.39. The van der Waals surface area contributed by atoms with Crippen LogP contribution in [0.15, 0.2) is 42.5 Å². The number of hydrogen-bond acceptors (Lipinski definition) is 3. The largest absolute Gasteiger partial charge is 0.382 e. The van der Waals surface area contributed by atoms with Crippen molar-refractivity contribution in [2.75, 3.05) is 5.73 Å². The minimum Gasteiger partial charge on any atom is -0.382 e. The van der Waals surface area contributed by atoms with Crippen molar-refractivity contribution in [3.05, 3.63) is 52.5 Å². The van der Waals surface area contributed by atoms with Crippen molar-refractivity contribution < 1.29 is 0 Å². The van der Waals surface area contributed by atoms with Gasteiger partial charge in [0.05, 0.1) is 21.1 Å². The Hall–Kier alpha value is -1.84. The monoisotopic (exact) mass is 289 g/mol. The number of nitrogen functional groups attached to an aromatic ring is 1. The second-order valence-corrected chi connectivity index (χ2v) is 4.83. The number of aromatic nitrogens is 2. The smallest absolute Gasteiger partial charge is 0.150 e. The molecule has 3 aromatic rings. The molecule has 94 valence electrons.